The zero-order chi connectivity index (χ0) is 21.1. The normalized spacial score (nSPS) is 13.6. The topological polar surface area (TPSA) is 37.3 Å². The molecule has 0 radical (unpaired) electrons. The van der Waals surface area contributed by atoms with Crippen molar-refractivity contribution >= 4 is 29.5 Å². The molecule has 0 spiro atoms. The molecule has 0 aliphatic heterocycles. The third-order valence-electron chi connectivity index (χ3n) is 4.00. The maximum atomic E-state index is 10.7. The highest BCUT2D eigenvalue weighted by Crippen LogP contribution is 2.27. The predicted molar refractivity (Wildman–Crippen MR) is 115 cm³/mol. The van der Waals surface area contributed by atoms with E-state index in [1.165, 1.54) is 11.6 Å². The number of carboxylic acids is 1. The van der Waals surface area contributed by atoms with E-state index in [0.717, 1.165) is 42.8 Å². The van der Waals surface area contributed by atoms with E-state index in [-0.39, 0.29) is 18.5 Å². The van der Waals surface area contributed by atoms with E-state index < -0.39 is 5.97 Å². The molecular weight excluding hydrogens is 360 g/mol. The van der Waals surface area contributed by atoms with E-state index in [1.54, 1.807) is 17.8 Å². The van der Waals surface area contributed by atoms with Gasteiger partial charge in [-0.25, -0.2) is 0 Å². The Bertz CT molecular complexity index is 772. The number of aliphatic carboxylic acids is 1. The summed E-state index contributed by atoms with van der Waals surface area (Å²) in [4.78, 5) is 10.7. The van der Waals surface area contributed by atoms with Gasteiger partial charge in [0, 0.05) is 23.2 Å². The van der Waals surface area contributed by atoms with Crippen LogP contribution < -0.4 is 0 Å². The third-order valence-corrected chi connectivity index (χ3v) is 6.48. The fourth-order valence-corrected chi connectivity index (χ4v) is 4.94. The van der Waals surface area contributed by atoms with E-state index in [4.69, 9.17) is 9.22 Å². The number of thioether (sulfide) groups is 2. The van der Waals surface area contributed by atoms with Gasteiger partial charge in [0.25, 0.3) is 0 Å². The number of unbranched alkanes of at least 4 members (excludes halogenated alkanes) is 1. The van der Waals surface area contributed by atoms with E-state index in [2.05, 4.69) is 24.3 Å². The minimum atomic E-state index is -0.729. The Morgan fingerprint density at radius 2 is 1.85 bits per heavy atom. The lowest BCUT2D eigenvalue weighted by molar-refractivity contribution is -0.137. The van der Waals surface area contributed by atoms with E-state index in [9.17, 15) is 4.79 Å². The van der Waals surface area contributed by atoms with Crippen LogP contribution in [0.5, 0.6) is 0 Å². The molecule has 1 atom stereocenters. The first-order valence-corrected chi connectivity index (χ1v) is 11.2. The molecule has 0 amide bonds. The molecular formula is C22H28O2S2. The first-order valence-electron chi connectivity index (χ1n) is 10.5. The van der Waals surface area contributed by atoms with Gasteiger partial charge in [-0.1, -0.05) is 67.0 Å². The van der Waals surface area contributed by atoms with Gasteiger partial charge < -0.3 is 5.11 Å². The SMILES string of the molecule is [2H]c1cc([2H])c(CSCCC(CCCCC(=O)O)SCc2ccccc2)cc1[2H]. The summed E-state index contributed by atoms with van der Waals surface area (Å²) in [5.41, 5.74) is 2.11. The highest BCUT2D eigenvalue weighted by Gasteiger charge is 2.10. The summed E-state index contributed by atoms with van der Waals surface area (Å²) in [6, 6.07) is 14.1. The van der Waals surface area contributed by atoms with Crippen molar-refractivity contribution in [3.05, 3.63) is 71.7 Å². The average Bonchev–Trinajstić information content (AvgIpc) is 2.70. The monoisotopic (exact) mass is 391 g/mol. The molecule has 0 aliphatic rings. The van der Waals surface area contributed by atoms with Crippen LogP contribution in [-0.2, 0) is 16.3 Å². The molecule has 2 aromatic carbocycles. The smallest absolute Gasteiger partial charge is 0.303 e. The molecule has 0 aromatic heterocycles. The third kappa shape index (κ3) is 9.35. The van der Waals surface area contributed by atoms with Crippen LogP contribution in [0, 0.1) is 0 Å². The zero-order valence-electron chi connectivity index (χ0n) is 17.9. The number of carbonyl (C=O) groups is 1. The van der Waals surface area contributed by atoms with Crippen molar-refractivity contribution in [3.63, 3.8) is 0 Å². The van der Waals surface area contributed by atoms with Gasteiger partial charge in [0.15, 0.2) is 0 Å². The Labute approximate surface area is 170 Å². The van der Waals surface area contributed by atoms with E-state index in [0.29, 0.717) is 17.0 Å². The van der Waals surface area contributed by atoms with Gasteiger partial charge in [0.2, 0.25) is 0 Å². The second kappa shape index (κ2) is 12.9. The number of hydrogen-bond acceptors (Lipinski definition) is 3. The van der Waals surface area contributed by atoms with E-state index >= 15 is 0 Å². The van der Waals surface area contributed by atoms with Crippen molar-refractivity contribution in [1.82, 2.24) is 0 Å². The van der Waals surface area contributed by atoms with Crippen molar-refractivity contribution in [2.24, 2.45) is 0 Å². The summed E-state index contributed by atoms with van der Waals surface area (Å²) in [6.45, 7) is 0. The summed E-state index contributed by atoms with van der Waals surface area (Å²) in [5, 5.41) is 9.30. The second-order valence-corrected chi connectivity index (χ2v) is 8.54. The molecule has 2 nitrogen and oxygen atoms in total. The van der Waals surface area contributed by atoms with Crippen molar-refractivity contribution in [2.75, 3.05) is 5.75 Å². The van der Waals surface area contributed by atoms with Crippen LogP contribution in [0.15, 0.2) is 60.6 Å². The lowest BCUT2D eigenvalue weighted by Crippen LogP contribution is -2.06. The minimum absolute atomic E-state index is 0.0995. The van der Waals surface area contributed by atoms with Crippen LogP contribution in [0.2, 0.25) is 0 Å². The van der Waals surface area contributed by atoms with Gasteiger partial charge in [-0.2, -0.15) is 23.5 Å². The van der Waals surface area contributed by atoms with Gasteiger partial charge in [-0.05, 0) is 36.1 Å². The molecule has 4 heteroatoms. The van der Waals surface area contributed by atoms with Gasteiger partial charge >= 0.3 is 5.97 Å². The van der Waals surface area contributed by atoms with Crippen LogP contribution in [-0.4, -0.2) is 22.1 Å². The molecule has 2 rings (SSSR count). The van der Waals surface area contributed by atoms with Crippen LogP contribution in [0.1, 0.15) is 47.3 Å². The molecule has 0 heterocycles. The molecule has 0 saturated carbocycles. The van der Waals surface area contributed by atoms with Gasteiger partial charge in [-0.3, -0.25) is 4.79 Å². The van der Waals surface area contributed by atoms with Crippen LogP contribution in [0.4, 0.5) is 0 Å². The summed E-state index contributed by atoms with van der Waals surface area (Å²) in [5.74, 6) is 1.87. The molecule has 0 saturated heterocycles. The number of benzene rings is 2. The standard InChI is InChI=1S/C22H28O2S2/c23-22(24)14-8-7-13-21(26-18-20-11-5-2-6-12-20)15-16-25-17-19-9-3-1-4-10-19/h1-6,9-12,21H,7-8,13-18H2,(H,23,24)/i1D,3D,10D. The first-order chi connectivity index (χ1) is 14.0. The Hall–Kier alpha value is -1.39. The molecule has 1 N–H and O–H groups in total. The number of hydrogen-bond donors (Lipinski definition) is 1. The van der Waals surface area contributed by atoms with Crippen molar-refractivity contribution < 1.29 is 14.0 Å². The number of carboxylic acid groups (broad SMARTS) is 1. The maximum Gasteiger partial charge on any atom is 0.303 e. The van der Waals surface area contributed by atoms with Gasteiger partial charge in [0.05, 0.1) is 4.11 Å². The summed E-state index contributed by atoms with van der Waals surface area (Å²) < 4.78 is 23.3. The van der Waals surface area contributed by atoms with Gasteiger partial charge in [0.1, 0.15) is 0 Å². The van der Waals surface area contributed by atoms with E-state index in [1.807, 2.05) is 17.8 Å². The molecule has 0 bridgehead atoms. The predicted octanol–water partition coefficient (Wildman–Crippen LogP) is 6.26. The Morgan fingerprint density at radius 3 is 2.65 bits per heavy atom. The fourth-order valence-electron chi connectivity index (χ4n) is 2.57. The fraction of sp³-hybridized carbons (Fsp3) is 0.409. The number of rotatable bonds is 13. The van der Waals surface area contributed by atoms with Crippen molar-refractivity contribution in [2.45, 2.75) is 48.9 Å². The largest absolute Gasteiger partial charge is 0.481 e. The summed E-state index contributed by atoms with van der Waals surface area (Å²) in [6.07, 6.45) is 3.93. The molecule has 26 heavy (non-hydrogen) atoms. The first kappa shape index (κ1) is 16.8. The Balaban J connectivity index is 1.80. The Morgan fingerprint density at radius 1 is 1.00 bits per heavy atom. The summed E-state index contributed by atoms with van der Waals surface area (Å²) >= 11 is 3.69. The van der Waals surface area contributed by atoms with Crippen molar-refractivity contribution in [1.29, 1.82) is 0 Å². The lowest BCUT2D eigenvalue weighted by atomic mass is 10.1. The van der Waals surface area contributed by atoms with Crippen molar-refractivity contribution in [3.8, 4) is 0 Å². The molecule has 2 aromatic rings. The molecule has 0 fully saturated rings. The molecule has 140 valence electrons. The average molecular weight is 392 g/mol. The van der Waals surface area contributed by atoms with Gasteiger partial charge in [-0.15, -0.1) is 0 Å². The second-order valence-electron chi connectivity index (χ2n) is 6.15. The Kier molecular flexibility index (Phi) is 8.30. The van der Waals surface area contributed by atoms with Crippen LogP contribution in [0.25, 0.3) is 0 Å². The molecule has 1 unspecified atom stereocenters. The highest BCUT2D eigenvalue weighted by atomic mass is 32.2. The summed E-state index contributed by atoms with van der Waals surface area (Å²) in [7, 11) is 0. The molecule has 0 aliphatic carbocycles. The maximum absolute atomic E-state index is 10.7. The van der Waals surface area contributed by atoms with Crippen LogP contribution >= 0.6 is 23.5 Å². The minimum Gasteiger partial charge on any atom is -0.481 e. The lowest BCUT2D eigenvalue weighted by Gasteiger charge is -2.16. The van der Waals surface area contributed by atoms with Crippen LogP contribution in [0.3, 0.4) is 0 Å². The quantitative estimate of drug-likeness (QED) is 0.409. The zero-order valence-corrected chi connectivity index (χ0v) is 16.6. The highest BCUT2D eigenvalue weighted by molar-refractivity contribution is 7.99.